The number of hydrogen-bond donors (Lipinski definition) is 0. The molecule has 1 heteroatoms. The molecule has 0 amide bonds. The lowest BCUT2D eigenvalue weighted by atomic mass is 9.95. The predicted octanol–water partition coefficient (Wildman–Crippen LogP) is 3.24. The van der Waals surface area contributed by atoms with Crippen molar-refractivity contribution >= 4 is 0 Å². The van der Waals surface area contributed by atoms with E-state index in [1.807, 2.05) is 0 Å². The molecule has 0 aromatic rings. The zero-order valence-corrected chi connectivity index (χ0v) is 8.61. The predicted molar refractivity (Wildman–Crippen MR) is 49.8 cm³/mol. The van der Waals surface area contributed by atoms with Crippen LogP contribution < -0.4 is 0 Å². The van der Waals surface area contributed by atoms with Crippen LogP contribution >= 0.6 is 0 Å². The van der Waals surface area contributed by atoms with Gasteiger partial charge in [0, 0.05) is 6.61 Å². The maximum Gasteiger partial charge on any atom is 0.0649 e. The quantitative estimate of drug-likeness (QED) is 0.558. The van der Waals surface area contributed by atoms with Crippen LogP contribution in [0.15, 0.2) is 0 Å². The first-order chi connectivity index (χ1) is 5.00. The van der Waals surface area contributed by atoms with E-state index in [-0.39, 0.29) is 5.60 Å². The van der Waals surface area contributed by atoms with Crippen LogP contribution in [0.5, 0.6) is 0 Å². The summed E-state index contributed by atoms with van der Waals surface area (Å²) in [6.45, 7) is 11.8. The van der Waals surface area contributed by atoms with Gasteiger partial charge in [0.25, 0.3) is 0 Å². The summed E-state index contributed by atoms with van der Waals surface area (Å²) in [5, 5.41) is 0. The van der Waals surface area contributed by atoms with Gasteiger partial charge in [-0.05, 0) is 26.2 Å². The van der Waals surface area contributed by atoms with Gasteiger partial charge in [-0.3, -0.25) is 0 Å². The van der Waals surface area contributed by atoms with E-state index in [2.05, 4.69) is 34.6 Å². The smallest absolute Gasteiger partial charge is 0.0649 e. The highest BCUT2D eigenvalue weighted by Gasteiger charge is 2.21. The van der Waals surface area contributed by atoms with Gasteiger partial charge in [-0.1, -0.05) is 27.2 Å². The zero-order chi connectivity index (χ0) is 8.91. The Bertz CT molecular complexity index is 95.0. The lowest BCUT2D eigenvalue weighted by Crippen LogP contribution is -2.31. The molecule has 0 N–H and O–H groups in total. The third kappa shape index (κ3) is 4.41. The molecular weight excluding hydrogens is 136 g/mol. The molecule has 0 bridgehead atoms. The normalized spacial score (nSPS) is 12.5. The Balaban J connectivity index is 3.55. The molecule has 0 radical (unpaired) electrons. The van der Waals surface area contributed by atoms with Crippen molar-refractivity contribution in [2.24, 2.45) is 5.92 Å². The molecule has 0 atom stereocenters. The van der Waals surface area contributed by atoms with Crippen molar-refractivity contribution in [3.8, 4) is 0 Å². The van der Waals surface area contributed by atoms with E-state index < -0.39 is 0 Å². The Morgan fingerprint density at radius 1 is 1.27 bits per heavy atom. The molecule has 0 spiro atoms. The van der Waals surface area contributed by atoms with Gasteiger partial charge in [-0.15, -0.1) is 0 Å². The third-order valence-electron chi connectivity index (χ3n) is 2.36. The van der Waals surface area contributed by atoms with E-state index in [1.165, 1.54) is 12.8 Å². The minimum atomic E-state index is 0.0508. The minimum absolute atomic E-state index is 0.0508. The maximum absolute atomic E-state index is 5.73. The SMILES string of the molecule is CCCCOC(C)(C)C(C)C. The highest BCUT2D eigenvalue weighted by Crippen LogP contribution is 2.20. The van der Waals surface area contributed by atoms with Crippen LogP contribution in [0.4, 0.5) is 0 Å². The summed E-state index contributed by atoms with van der Waals surface area (Å²) < 4.78 is 5.73. The van der Waals surface area contributed by atoms with Gasteiger partial charge in [0.2, 0.25) is 0 Å². The molecule has 0 rings (SSSR count). The fourth-order valence-corrected chi connectivity index (χ4v) is 0.646. The molecule has 0 saturated carbocycles. The van der Waals surface area contributed by atoms with E-state index in [9.17, 15) is 0 Å². The second kappa shape index (κ2) is 4.76. The molecule has 0 aromatic heterocycles. The molecule has 0 aliphatic heterocycles. The molecule has 0 heterocycles. The molecule has 68 valence electrons. The Morgan fingerprint density at radius 3 is 2.18 bits per heavy atom. The number of rotatable bonds is 5. The summed E-state index contributed by atoms with van der Waals surface area (Å²) in [6, 6.07) is 0. The summed E-state index contributed by atoms with van der Waals surface area (Å²) in [7, 11) is 0. The average Bonchev–Trinajstić information content (AvgIpc) is 1.88. The van der Waals surface area contributed by atoms with Crippen molar-refractivity contribution in [3.63, 3.8) is 0 Å². The summed E-state index contributed by atoms with van der Waals surface area (Å²) in [5.41, 5.74) is 0.0508. The summed E-state index contributed by atoms with van der Waals surface area (Å²) in [6.07, 6.45) is 2.39. The zero-order valence-electron chi connectivity index (χ0n) is 8.61. The van der Waals surface area contributed by atoms with Crippen molar-refractivity contribution < 1.29 is 4.74 Å². The van der Waals surface area contributed by atoms with Crippen LogP contribution in [0, 0.1) is 5.92 Å². The Kier molecular flexibility index (Phi) is 4.74. The largest absolute Gasteiger partial charge is 0.375 e. The van der Waals surface area contributed by atoms with E-state index >= 15 is 0 Å². The van der Waals surface area contributed by atoms with E-state index in [0.717, 1.165) is 6.61 Å². The van der Waals surface area contributed by atoms with Crippen molar-refractivity contribution in [3.05, 3.63) is 0 Å². The van der Waals surface area contributed by atoms with Gasteiger partial charge in [0.15, 0.2) is 0 Å². The van der Waals surface area contributed by atoms with Gasteiger partial charge in [0.1, 0.15) is 0 Å². The van der Waals surface area contributed by atoms with Crippen molar-refractivity contribution in [2.75, 3.05) is 6.61 Å². The van der Waals surface area contributed by atoms with E-state index in [4.69, 9.17) is 4.74 Å². The number of ether oxygens (including phenoxy) is 1. The maximum atomic E-state index is 5.73. The molecule has 0 unspecified atom stereocenters. The van der Waals surface area contributed by atoms with Crippen LogP contribution in [-0.4, -0.2) is 12.2 Å². The Morgan fingerprint density at radius 2 is 1.82 bits per heavy atom. The molecule has 0 aliphatic carbocycles. The first-order valence-corrected chi connectivity index (χ1v) is 4.64. The Labute approximate surface area is 71.1 Å². The molecule has 1 nitrogen and oxygen atoms in total. The second-order valence-corrected chi connectivity index (χ2v) is 3.96. The average molecular weight is 158 g/mol. The number of unbranched alkanes of at least 4 members (excludes halogenated alkanes) is 1. The standard InChI is InChI=1S/C10H22O/c1-6-7-8-11-10(4,5)9(2)3/h9H,6-8H2,1-5H3. The third-order valence-corrected chi connectivity index (χ3v) is 2.36. The van der Waals surface area contributed by atoms with Crippen LogP contribution in [0.2, 0.25) is 0 Å². The molecule has 11 heavy (non-hydrogen) atoms. The minimum Gasteiger partial charge on any atom is -0.375 e. The van der Waals surface area contributed by atoms with E-state index in [1.54, 1.807) is 0 Å². The monoisotopic (exact) mass is 158 g/mol. The van der Waals surface area contributed by atoms with Crippen molar-refractivity contribution in [1.82, 2.24) is 0 Å². The molecule has 0 aromatic carbocycles. The van der Waals surface area contributed by atoms with Crippen LogP contribution in [0.1, 0.15) is 47.5 Å². The fourth-order valence-electron chi connectivity index (χ4n) is 0.646. The summed E-state index contributed by atoms with van der Waals surface area (Å²) >= 11 is 0. The van der Waals surface area contributed by atoms with Gasteiger partial charge in [0.05, 0.1) is 5.60 Å². The van der Waals surface area contributed by atoms with Gasteiger partial charge in [-0.25, -0.2) is 0 Å². The molecule has 0 saturated heterocycles. The van der Waals surface area contributed by atoms with Crippen LogP contribution in [-0.2, 0) is 4.74 Å². The van der Waals surface area contributed by atoms with Crippen molar-refractivity contribution in [1.29, 1.82) is 0 Å². The summed E-state index contributed by atoms with van der Waals surface area (Å²) in [5.74, 6) is 0.597. The Hall–Kier alpha value is -0.0400. The van der Waals surface area contributed by atoms with Gasteiger partial charge < -0.3 is 4.74 Å². The second-order valence-electron chi connectivity index (χ2n) is 3.96. The molecule has 0 fully saturated rings. The number of hydrogen-bond acceptors (Lipinski definition) is 1. The lowest BCUT2D eigenvalue weighted by Gasteiger charge is -2.29. The highest BCUT2D eigenvalue weighted by atomic mass is 16.5. The van der Waals surface area contributed by atoms with Crippen LogP contribution in [0.25, 0.3) is 0 Å². The first-order valence-electron chi connectivity index (χ1n) is 4.64. The van der Waals surface area contributed by atoms with E-state index in [0.29, 0.717) is 5.92 Å². The van der Waals surface area contributed by atoms with Gasteiger partial charge in [-0.2, -0.15) is 0 Å². The first kappa shape index (κ1) is 11.0. The summed E-state index contributed by atoms with van der Waals surface area (Å²) in [4.78, 5) is 0. The van der Waals surface area contributed by atoms with Crippen LogP contribution in [0.3, 0.4) is 0 Å². The lowest BCUT2D eigenvalue weighted by molar-refractivity contribution is -0.0511. The molecule has 0 aliphatic rings. The van der Waals surface area contributed by atoms with Crippen molar-refractivity contribution in [2.45, 2.75) is 53.1 Å². The van der Waals surface area contributed by atoms with Gasteiger partial charge >= 0.3 is 0 Å². The highest BCUT2D eigenvalue weighted by molar-refractivity contribution is 4.72. The fraction of sp³-hybridized carbons (Fsp3) is 1.00. The molecular formula is C10H22O. The topological polar surface area (TPSA) is 9.23 Å².